The Morgan fingerprint density at radius 1 is 1.40 bits per heavy atom. The molecule has 5 nitrogen and oxygen atoms in total. The Morgan fingerprint density at radius 2 is 2.00 bits per heavy atom. The minimum Gasteiger partial charge on any atom is -0.481 e. The number of hydrogen-bond acceptors (Lipinski definition) is 3. The molecule has 1 amide bonds. The summed E-state index contributed by atoms with van der Waals surface area (Å²) in [6.45, 7) is 1.92. The van der Waals surface area contributed by atoms with Gasteiger partial charge in [0.15, 0.2) is 0 Å². The van der Waals surface area contributed by atoms with E-state index in [0.29, 0.717) is 19.4 Å². The highest BCUT2D eigenvalue weighted by atomic mass is 19.1. The van der Waals surface area contributed by atoms with Crippen molar-refractivity contribution in [1.29, 1.82) is 0 Å². The number of hydrogen-bond donors (Lipinski definition) is 2. The summed E-state index contributed by atoms with van der Waals surface area (Å²) in [7, 11) is 0. The second kappa shape index (κ2) is 12.7. The van der Waals surface area contributed by atoms with Gasteiger partial charge in [0, 0.05) is 6.42 Å². The minimum absolute atomic E-state index is 0.0872. The van der Waals surface area contributed by atoms with Gasteiger partial charge in [0.1, 0.15) is 0 Å². The first-order chi connectivity index (χ1) is 7.04. The molecule has 0 bridgehead atoms. The average Bonchev–Trinajstić information content (AvgIpc) is 2.15. The maximum atomic E-state index is 11.3. The third-order valence-corrected chi connectivity index (χ3v) is 1.22. The zero-order chi connectivity index (χ0) is 12.1. The summed E-state index contributed by atoms with van der Waals surface area (Å²) in [6.07, 6.45) is 1.03. The number of alkyl halides is 1. The highest BCUT2D eigenvalue weighted by molar-refractivity contribution is 5.66. The van der Waals surface area contributed by atoms with Crippen LogP contribution in [-0.4, -0.2) is 30.5 Å². The Morgan fingerprint density at radius 3 is 2.27 bits per heavy atom. The van der Waals surface area contributed by atoms with Crippen LogP contribution in [0.2, 0.25) is 0 Å². The van der Waals surface area contributed by atoms with Crippen LogP contribution >= 0.6 is 0 Å². The molecule has 6 heteroatoms. The highest BCUT2D eigenvalue weighted by Crippen LogP contribution is 1.94. The van der Waals surface area contributed by atoms with Gasteiger partial charge < -0.3 is 15.6 Å². The van der Waals surface area contributed by atoms with Gasteiger partial charge in [-0.1, -0.05) is 6.92 Å². The SMILES string of the molecule is CCCOC(N)=O.O=C(O)CCCCF. The number of carboxylic acids is 1. The van der Waals surface area contributed by atoms with E-state index in [1.54, 1.807) is 0 Å². The first-order valence-electron chi connectivity index (χ1n) is 4.74. The lowest BCUT2D eigenvalue weighted by Gasteiger charge is -1.93. The van der Waals surface area contributed by atoms with E-state index in [1.807, 2.05) is 6.92 Å². The molecule has 0 radical (unpaired) electrons. The smallest absolute Gasteiger partial charge is 0.404 e. The monoisotopic (exact) mass is 223 g/mol. The van der Waals surface area contributed by atoms with Crippen LogP contribution in [0.3, 0.4) is 0 Å². The number of nitrogens with two attached hydrogens (primary N) is 1. The normalized spacial score (nSPS) is 8.67. The maximum Gasteiger partial charge on any atom is 0.404 e. The predicted octanol–water partition coefficient (Wildman–Crippen LogP) is 1.70. The van der Waals surface area contributed by atoms with Crippen molar-refractivity contribution in [2.75, 3.05) is 13.3 Å². The zero-order valence-corrected chi connectivity index (χ0v) is 8.87. The quantitative estimate of drug-likeness (QED) is 0.670. The van der Waals surface area contributed by atoms with E-state index in [4.69, 9.17) is 5.11 Å². The van der Waals surface area contributed by atoms with E-state index < -0.39 is 18.7 Å². The molecular formula is C9H18FNO4. The Kier molecular flexibility index (Phi) is 13.6. The van der Waals surface area contributed by atoms with E-state index in [-0.39, 0.29) is 6.42 Å². The molecule has 0 aromatic rings. The third-order valence-electron chi connectivity index (χ3n) is 1.22. The molecule has 0 aliphatic heterocycles. The first-order valence-corrected chi connectivity index (χ1v) is 4.74. The second-order valence-corrected chi connectivity index (χ2v) is 2.71. The van der Waals surface area contributed by atoms with Gasteiger partial charge in [0.25, 0.3) is 0 Å². The van der Waals surface area contributed by atoms with Crippen molar-refractivity contribution in [3.8, 4) is 0 Å². The fourth-order valence-electron chi connectivity index (χ4n) is 0.573. The van der Waals surface area contributed by atoms with Crippen molar-refractivity contribution >= 4 is 12.1 Å². The summed E-state index contributed by atoms with van der Waals surface area (Å²) >= 11 is 0. The van der Waals surface area contributed by atoms with Crippen LogP contribution in [0.4, 0.5) is 9.18 Å². The number of aliphatic carboxylic acids is 1. The Labute approximate surface area is 88.4 Å². The van der Waals surface area contributed by atoms with Crippen molar-refractivity contribution in [3.63, 3.8) is 0 Å². The molecule has 3 N–H and O–H groups in total. The molecule has 0 aromatic heterocycles. The minimum atomic E-state index is -0.849. The van der Waals surface area contributed by atoms with Gasteiger partial charge in [0.05, 0.1) is 13.3 Å². The predicted molar refractivity (Wildman–Crippen MR) is 53.3 cm³/mol. The molecule has 90 valence electrons. The first kappa shape index (κ1) is 16.1. The van der Waals surface area contributed by atoms with Gasteiger partial charge in [-0.2, -0.15) is 0 Å². The van der Waals surface area contributed by atoms with E-state index in [1.165, 1.54) is 0 Å². The van der Waals surface area contributed by atoms with Crippen LogP contribution in [0.15, 0.2) is 0 Å². The molecule has 0 saturated heterocycles. The molecule has 15 heavy (non-hydrogen) atoms. The van der Waals surface area contributed by atoms with E-state index in [0.717, 1.165) is 6.42 Å². The van der Waals surface area contributed by atoms with Gasteiger partial charge in [-0.15, -0.1) is 0 Å². The van der Waals surface area contributed by atoms with Gasteiger partial charge in [-0.25, -0.2) is 4.79 Å². The zero-order valence-electron chi connectivity index (χ0n) is 8.87. The molecule has 0 aliphatic rings. The van der Waals surface area contributed by atoms with E-state index in [2.05, 4.69) is 10.5 Å². The van der Waals surface area contributed by atoms with Crippen LogP contribution in [0.25, 0.3) is 0 Å². The van der Waals surface area contributed by atoms with Crippen molar-refractivity contribution in [2.45, 2.75) is 32.6 Å². The number of carbonyl (C=O) groups is 2. The van der Waals surface area contributed by atoms with Crippen LogP contribution in [0.1, 0.15) is 32.6 Å². The molecule has 0 heterocycles. The number of amides is 1. The Hall–Kier alpha value is -1.33. The van der Waals surface area contributed by atoms with Gasteiger partial charge in [-0.3, -0.25) is 9.18 Å². The number of carbonyl (C=O) groups excluding carboxylic acids is 1. The molecule has 0 unspecified atom stereocenters. The van der Waals surface area contributed by atoms with Crippen molar-refractivity contribution in [1.82, 2.24) is 0 Å². The number of ether oxygens (including phenoxy) is 1. The lowest BCUT2D eigenvalue weighted by molar-refractivity contribution is -0.137. The average molecular weight is 223 g/mol. The van der Waals surface area contributed by atoms with Crippen LogP contribution < -0.4 is 5.73 Å². The maximum absolute atomic E-state index is 11.3. The third kappa shape index (κ3) is 24.5. The van der Waals surface area contributed by atoms with Crippen LogP contribution in [-0.2, 0) is 9.53 Å². The molecule has 0 aromatic carbocycles. The summed E-state index contributed by atoms with van der Waals surface area (Å²) in [4.78, 5) is 19.5. The van der Waals surface area contributed by atoms with Crippen molar-refractivity contribution < 1.29 is 23.8 Å². The molecule has 0 atom stereocenters. The number of unbranched alkanes of at least 4 members (excludes halogenated alkanes) is 1. The topological polar surface area (TPSA) is 89.6 Å². The largest absolute Gasteiger partial charge is 0.481 e. The highest BCUT2D eigenvalue weighted by Gasteiger charge is 1.93. The molecule has 0 fully saturated rings. The number of carboxylic acid groups (broad SMARTS) is 1. The lowest BCUT2D eigenvalue weighted by atomic mass is 10.2. The summed E-state index contributed by atoms with van der Waals surface area (Å²) in [6, 6.07) is 0. The fraction of sp³-hybridized carbons (Fsp3) is 0.778. The number of rotatable bonds is 6. The second-order valence-electron chi connectivity index (χ2n) is 2.71. The van der Waals surface area contributed by atoms with Gasteiger partial charge >= 0.3 is 12.1 Å². The van der Waals surface area contributed by atoms with Crippen LogP contribution in [0.5, 0.6) is 0 Å². The number of primary amides is 1. The van der Waals surface area contributed by atoms with E-state index >= 15 is 0 Å². The molecule has 0 aliphatic carbocycles. The summed E-state index contributed by atoms with van der Waals surface area (Å²) in [5, 5.41) is 8.02. The summed E-state index contributed by atoms with van der Waals surface area (Å²) < 4.78 is 15.6. The molecule has 0 spiro atoms. The number of halogens is 1. The summed E-state index contributed by atoms with van der Waals surface area (Å²) in [5.74, 6) is -0.849. The Balaban J connectivity index is 0. The van der Waals surface area contributed by atoms with E-state index in [9.17, 15) is 14.0 Å². The summed E-state index contributed by atoms with van der Waals surface area (Å²) in [5.41, 5.74) is 4.62. The van der Waals surface area contributed by atoms with Crippen molar-refractivity contribution in [3.05, 3.63) is 0 Å². The molecule has 0 rings (SSSR count). The van der Waals surface area contributed by atoms with Gasteiger partial charge in [-0.05, 0) is 19.3 Å². The molecular weight excluding hydrogens is 205 g/mol. The molecule has 0 saturated carbocycles. The van der Waals surface area contributed by atoms with Crippen molar-refractivity contribution in [2.24, 2.45) is 5.73 Å². The standard InChI is InChI=1S/C5H9FO2.C4H9NO2/c6-4-2-1-3-5(7)8;1-2-3-7-4(5)6/h1-4H2,(H,7,8);2-3H2,1H3,(H2,5,6). The van der Waals surface area contributed by atoms with Crippen LogP contribution in [0, 0.1) is 0 Å². The van der Waals surface area contributed by atoms with Gasteiger partial charge in [0.2, 0.25) is 0 Å². The Bertz CT molecular complexity index is 175. The fourth-order valence-corrected chi connectivity index (χ4v) is 0.573. The lowest BCUT2D eigenvalue weighted by Crippen LogP contribution is -2.12.